The van der Waals surface area contributed by atoms with Crippen LogP contribution in [0.15, 0.2) is 60.3 Å². The van der Waals surface area contributed by atoms with Gasteiger partial charge in [0.05, 0.1) is 0 Å². The monoisotopic (exact) mass is 405 g/mol. The summed E-state index contributed by atoms with van der Waals surface area (Å²) >= 11 is 0. The molecular formula is C25H27NO4. The standard InChI is InChI=1S/C25H27NO4/c1-18(27)26-23(16-19-8-4-2-5-9-19)25(29)30-17-24(28)22-14-12-21(13-15-22)20-10-6-3-7-11-20/h2,4-5,8-9,12-16,20H,3,6-7,10-11,17H2,1H3,(H,26,27)/b23-16-. The molecule has 1 amide bonds. The van der Waals surface area contributed by atoms with E-state index in [-0.39, 0.29) is 18.1 Å². The first-order valence-electron chi connectivity index (χ1n) is 10.4. The predicted octanol–water partition coefficient (Wildman–Crippen LogP) is 4.64. The highest BCUT2D eigenvalue weighted by atomic mass is 16.5. The van der Waals surface area contributed by atoms with Crippen molar-refractivity contribution in [1.29, 1.82) is 0 Å². The first-order valence-corrected chi connectivity index (χ1v) is 10.4. The molecule has 1 aliphatic carbocycles. The molecule has 1 fully saturated rings. The number of benzene rings is 2. The number of ketones is 1. The van der Waals surface area contributed by atoms with Crippen LogP contribution in [0.3, 0.4) is 0 Å². The molecule has 30 heavy (non-hydrogen) atoms. The summed E-state index contributed by atoms with van der Waals surface area (Å²) in [7, 11) is 0. The van der Waals surface area contributed by atoms with Gasteiger partial charge in [-0.25, -0.2) is 4.79 Å². The Morgan fingerprint density at radius 1 is 0.967 bits per heavy atom. The number of ether oxygens (including phenoxy) is 1. The normalized spacial score (nSPS) is 14.8. The van der Waals surface area contributed by atoms with Gasteiger partial charge in [-0.1, -0.05) is 73.9 Å². The number of carbonyl (C=O) groups is 3. The Morgan fingerprint density at radius 2 is 1.63 bits per heavy atom. The minimum Gasteiger partial charge on any atom is -0.453 e. The highest BCUT2D eigenvalue weighted by Gasteiger charge is 2.18. The van der Waals surface area contributed by atoms with Gasteiger partial charge in [-0.3, -0.25) is 9.59 Å². The number of amides is 1. The van der Waals surface area contributed by atoms with E-state index in [1.165, 1.54) is 50.7 Å². The Hall–Kier alpha value is -3.21. The highest BCUT2D eigenvalue weighted by Crippen LogP contribution is 2.32. The first-order chi connectivity index (χ1) is 14.5. The molecule has 2 aromatic carbocycles. The number of Topliss-reactive ketones (excluding diaryl/α,β-unsaturated/α-hetero) is 1. The van der Waals surface area contributed by atoms with Crippen molar-refractivity contribution in [3.05, 3.63) is 77.0 Å². The lowest BCUT2D eigenvalue weighted by molar-refractivity contribution is -0.139. The Labute approximate surface area is 177 Å². The lowest BCUT2D eigenvalue weighted by atomic mass is 9.84. The Bertz CT molecular complexity index is 910. The maximum Gasteiger partial charge on any atom is 0.355 e. The van der Waals surface area contributed by atoms with E-state index in [1.807, 2.05) is 30.3 Å². The van der Waals surface area contributed by atoms with Gasteiger partial charge in [-0.05, 0) is 36.0 Å². The molecular weight excluding hydrogens is 378 g/mol. The van der Waals surface area contributed by atoms with Crippen molar-refractivity contribution in [2.75, 3.05) is 6.61 Å². The zero-order valence-corrected chi connectivity index (χ0v) is 17.2. The second kappa shape index (κ2) is 10.5. The van der Waals surface area contributed by atoms with Crippen molar-refractivity contribution in [3.63, 3.8) is 0 Å². The third-order valence-corrected chi connectivity index (χ3v) is 5.28. The molecule has 0 spiro atoms. The molecule has 1 saturated carbocycles. The van der Waals surface area contributed by atoms with Crippen LogP contribution in [-0.4, -0.2) is 24.3 Å². The summed E-state index contributed by atoms with van der Waals surface area (Å²) in [6, 6.07) is 16.7. The van der Waals surface area contributed by atoms with Gasteiger partial charge in [0.15, 0.2) is 12.4 Å². The second-order valence-corrected chi connectivity index (χ2v) is 7.61. The van der Waals surface area contributed by atoms with Gasteiger partial charge >= 0.3 is 5.97 Å². The van der Waals surface area contributed by atoms with E-state index in [2.05, 4.69) is 5.32 Å². The van der Waals surface area contributed by atoms with Crippen LogP contribution in [0.1, 0.15) is 66.4 Å². The average Bonchev–Trinajstić information content (AvgIpc) is 2.78. The van der Waals surface area contributed by atoms with Crippen LogP contribution in [-0.2, 0) is 14.3 Å². The van der Waals surface area contributed by atoms with E-state index < -0.39 is 11.9 Å². The van der Waals surface area contributed by atoms with Gasteiger partial charge < -0.3 is 10.1 Å². The fourth-order valence-electron chi connectivity index (χ4n) is 3.72. The summed E-state index contributed by atoms with van der Waals surface area (Å²) in [5, 5.41) is 2.47. The largest absolute Gasteiger partial charge is 0.453 e. The molecule has 0 aliphatic heterocycles. The maximum atomic E-state index is 12.5. The molecule has 0 unspecified atom stereocenters. The third kappa shape index (κ3) is 6.14. The van der Waals surface area contributed by atoms with Crippen molar-refractivity contribution in [1.82, 2.24) is 5.32 Å². The van der Waals surface area contributed by atoms with Crippen molar-refractivity contribution >= 4 is 23.7 Å². The number of nitrogens with one attached hydrogen (secondary N) is 1. The van der Waals surface area contributed by atoms with Crippen LogP contribution in [0.2, 0.25) is 0 Å². The van der Waals surface area contributed by atoms with Gasteiger partial charge in [-0.2, -0.15) is 0 Å². The molecule has 0 aromatic heterocycles. The van der Waals surface area contributed by atoms with Gasteiger partial charge in [-0.15, -0.1) is 0 Å². The van der Waals surface area contributed by atoms with Crippen LogP contribution >= 0.6 is 0 Å². The van der Waals surface area contributed by atoms with Crippen LogP contribution < -0.4 is 5.32 Å². The minimum absolute atomic E-state index is 0.00542. The van der Waals surface area contributed by atoms with Crippen LogP contribution in [0.5, 0.6) is 0 Å². The van der Waals surface area contributed by atoms with Crippen LogP contribution in [0, 0.1) is 0 Å². The minimum atomic E-state index is -0.749. The Balaban J connectivity index is 1.61. The molecule has 5 nitrogen and oxygen atoms in total. The molecule has 1 N–H and O–H groups in total. The molecule has 2 aromatic rings. The fourth-order valence-corrected chi connectivity index (χ4v) is 3.72. The SMILES string of the molecule is CC(=O)N/C(=C\c1ccccc1)C(=O)OCC(=O)c1ccc(C2CCCCC2)cc1. The van der Waals surface area contributed by atoms with E-state index in [1.54, 1.807) is 24.3 Å². The number of rotatable bonds is 7. The quantitative estimate of drug-likeness (QED) is 0.414. The van der Waals surface area contributed by atoms with Crippen molar-refractivity contribution in [3.8, 4) is 0 Å². The molecule has 1 aliphatic rings. The number of hydrogen-bond acceptors (Lipinski definition) is 4. The summed E-state index contributed by atoms with van der Waals surface area (Å²) < 4.78 is 5.17. The van der Waals surface area contributed by atoms with Crippen molar-refractivity contribution in [2.45, 2.75) is 44.9 Å². The second-order valence-electron chi connectivity index (χ2n) is 7.61. The average molecular weight is 405 g/mol. The molecule has 0 bridgehead atoms. The molecule has 0 atom stereocenters. The van der Waals surface area contributed by atoms with Gasteiger partial charge in [0, 0.05) is 12.5 Å². The summed E-state index contributed by atoms with van der Waals surface area (Å²) in [4.78, 5) is 36.3. The molecule has 0 saturated heterocycles. The fraction of sp³-hybridized carbons (Fsp3) is 0.320. The molecule has 0 heterocycles. The predicted molar refractivity (Wildman–Crippen MR) is 116 cm³/mol. The van der Waals surface area contributed by atoms with E-state index in [0.717, 1.165) is 5.56 Å². The van der Waals surface area contributed by atoms with E-state index in [4.69, 9.17) is 4.74 Å². The first kappa shape index (κ1) is 21.5. The van der Waals surface area contributed by atoms with E-state index in [9.17, 15) is 14.4 Å². The van der Waals surface area contributed by atoms with Crippen LogP contribution in [0.25, 0.3) is 6.08 Å². The number of esters is 1. The van der Waals surface area contributed by atoms with Crippen molar-refractivity contribution < 1.29 is 19.1 Å². The Kier molecular flexibility index (Phi) is 7.55. The summed E-state index contributed by atoms with van der Waals surface area (Å²) in [5.41, 5.74) is 2.51. The molecule has 5 heteroatoms. The van der Waals surface area contributed by atoms with Gasteiger partial charge in [0.2, 0.25) is 5.91 Å². The van der Waals surface area contributed by atoms with E-state index in [0.29, 0.717) is 11.5 Å². The zero-order valence-electron chi connectivity index (χ0n) is 17.2. The summed E-state index contributed by atoms with van der Waals surface area (Å²) in [6.07, 6.45) is 7.74. The van der Waals surface area contributed by atoms with Gasteiger partial charge in [0.1, 0.15) is 5.70 Å². The summed E-state index contributed by atoms with van der Waals surface area (Å²) in [6.45, 7) is 0.929. The summed E-state index contributed by atoms with van der Waals surface area (Å²) in [5.74, 6) is -0.843. The van der Waals surface area contributed by atoms with Gasteiger partial charge in [0.25, 0.3) is 0 Å². The maximum absolute atomic E-state index is 12.5. The lowest BCUT2D eigenvalue weighted by Crippen LogP contribution is -2.27. The van der Waals surface area contributed by atoms with Crippen LogP contribution in [0.4, 0.5) is 0 Å². The topological polar surface area (TPSA) is 72.5 Å². The third-order valence-electron chi connectivity index (χ3n) is 5.28. The lowest BCUT2D eigenvalue weighted by Gasteiger charge is -2.22. The zero-order chi connectivity index (χ0) is 21.3. The molecule has 156 valence electrons. The number of carbonyl (C=O) groups excluding carboxylic acids is 3. The Morgan fingerprint density at radius 3 is 2.27 bits per heavy atom. The van der Waals surface area contributed by atoms with E-state index >= 15 is 0 Å². The number of hydrogen-bond donors (Lipinski definition) is 1. The molecule has 3 rings (SSSR count). The highest BCUT2D eigenvalue weighted by molar-refractivity contribution is 6.01. The molecule has 0 radical (unpaired) electrons. The van der Waals surface area contributed by atoms with Crippen molar-refractivity contribution in [2.24, 2.45) is 0 Å². The smallest absolute Gasteiger partial charge is 0.355 e.